The third-order valence-electron chi connectivity index (χ3n) is 5.18. The van der Waals surface area contributed by atoms with Gasteiger partial charge in [-0.2, -0.15) is 0 Å². The van der Waals surface area contributed by atoms with Crippen molar-refractivity contribution in [1.82, 2.24) is 9.62 Å². The molecule has 2 aromatic carbocycles. The van der Waals surface area contributed by atoms with Crippen LogP contribution in [0.5, 0.6) is 17.2 Å². The Kier molecular flexibility index (Phi) is 7.71. The fourth-order valence-electron chi connectivity index (χ4n) is 3.48. The third-order valence-corrected chi connectivity index (χ3v) is 6.62. The Bertz CT molecular complexity index is 978. The molecule has 1 heterocycles. The molecule has 1 aliphatic heterocycles. The molecule has 0 bridgehead atoms. The summed E-state index contributed by atoms with van der Waals surface area (Å²) in [5, 5.41) is 0. The topological polar surface area (TPSA) is 86.3 Å². The Balaban J connectivity index is 1.86. The molecular formula is C21H27FN2O6S. The maximum atomic E-state index is 14.5. The Labute approximate surface area is 181 Å². The van der Waals surface area contributed by atoms with E-state index in [1.54, 1.807) is 7.11 Å². The molecule has 3 rings (SSSR count). The first kappa shape index (κ1) is 23.3. The van der Waals surface area contributed by atoms with Gasteiger partial charge in [0, 0.05) is 37.8 Å². The lowest BCUT2D eigenvalue weighted by Crippen LogP contribution is -2.43. The smallest absolute Gasteiger partial charge is 0.243 e. The van der Waals surface area contributed by atoms with Gasteiger partial charge in [-0.1, -0.05) is 12.1 Å². The molecule has 0 aromatic heterocycles. The lowest BCUT2D eigenvalue weighted by molar-refractivity contribution is 0.0172. The number of nitrogens with one attached hydrogen (secondary N) is 1. The minimum absolute atomic E-state index is 0.0580. The number of rotatable bonds is 9. The number of sulfonamides is 1. The molecule has 1 unspecified atom stereocenters. The van der Waals surface area contributed by atoms with Crippen LogP contribution in [0.15, 0.2) is 41.3 Å². The van der Waals surface area contributed by atoms with Crippen LogP contribution in [0, 0.1) is 5.82 Å². The molecule has 0 radical (unpaired) electrons. The van der Waals surface area contributed by atoms with Crippen molar-refractivity contribution in [3.8, 4) is 17.2 Å². The SMILES string of the molecule is COc1ccc(C(CNS(=O)(=O)c2cc(OC)c(OC)cc2F)N2CCOCC2)cc1. The molecule has 1 fully saturated rings. The van der Waals surface area contributed by atoms with E-state index in [0.717, 1.165) is 17.7 Å². The Morgan fingerprint density at radius 3 is 2.23 bits per heavy atom. The molecular weight excluding hydrogens is 427 g/mol. The van der Waals surface area contributed by atoms with Gasteiger partial charge in [-0.15, -0.1) is 0 Å². The van der Waals surface area contributed by atoms with Crippen molar-refractivity contribution in [1.29, 1.82) is 0 Å². The van der Waals surface area contributed by atoms with E-state index in [9.17, 15) is 12.8 Å². The van der Waals surface area contributed by atoms with Gasteiger partial charge in [-0.3, -0.25) is 4.90 Å². The summed E-state index contributed by atoms with van der Waals surface area (Å²) in [7, 11) is 0.149. The molecule has 1 atom stereocenters. The molecule has 2 aromatic rings. The van der Waals surface area contributed by atoms with E-state index in [0.29, 0.717) is 32.1 Å². The van der Waals surface area contributed by atoms with Crippen molar-refractivity contribution in [2.45, 2.75) is 10.9 Å². The highest BCUT2D eigenvalue weighted by molar-refractivity contribution is 7.89. The summed E-state index contributed by atoms with van der Waals surface area (Å²) in [6.45, 7) is 2.49. The van der Waals surface area contributed by atoms with Gasteiger partial charge in [-0.05, 0) is 17.7 Å². The van der Waals surface area contributed by atoms with Crippen molar-refractivity contribution in [2.75, 3.05) is 54.2 Å². The van der Waals surface area contributed by atoms with Gasteiger partial charge in [0.1, 0.15) is 16.5 Å². The maximum absolute atomic E-state index is 14.5. The van der Waals surface area contributed by atoms with Crippen LogP contribution in [0.3, 0.4) is 0 Å². The average molecular weight is 455 g/mol. The molecule has 1 saturated heterocycles. The molecule has 8 nitrogen and oxygen atoms in total. The summed E-state index contributed by atoms with van der Waals surface area (Å²) in [5.41, 5.74) is 0.915. The summed E-state index contributed by atoms with van der Waals surface area (Å²) < 4.78 is 63.7. The number of morpholine rings is 1. The van der Waals surface area contributed by atoms with Crippen LogP contribution in [-0.4, -0.2) is 67.5 Å². The molecule has 31 heavy (non-hydrogen) atoms. The molecule has 1 aliphatic rings. The van der Waals surface area contributed by atoms with Crippen molar-refractivity contribution >= 4 is 10.0 Å². The number of ether oxygens (including phenoxy) is 4. The minimum atomic E-state index is -4.15. The number of halogens is 1. The maximum Gasteiger partial charge on any atom is 0.243 e. The van der Waals surface area contributed by atoms with E-state index in [4.69, 9.17) is 18.9 Å². The van der Waals surface area contributed by atoms with Gasteiger partial charge in [0.2, 0.25) is 10.0 Å². The van der Waals surface area contributed by atoms with Crippen LogP contribution in [0.25, 0.3) is 0 Å². The Morgan fingerprint density at radius 2 is 1.65 bits per heavy atom. The first-order valence-corrected chi connectivity index (χ1v) is 11.2. The largest absolute Gasteiger partial charge is 0.497 e. The summed E-state index contributed by atoms with van der Waals surface area (Å²) in [6, 6.07) is 9.29. The normalized spacial score (nSPS) is 16.0. The first-order valence-electron chi connectivity index (χ1n) is 9.76. The fourth-order valence-corrected chi connectivity index (χ4v) is 4.59. The standard InChI is InChI=1S/C21H27FN2O6S/c1-27-16-6-4-15(5-7-16)18(24-8-10-30-11-9-24)14-23-31(25,26)21-13-20(29-3)19(28-2)12-17(21)22/h4-7,12-13,18,23H,8-11,14H2,1-3H3. The fraction of sp³-hybridized carbons (Fsp3) is 0.429. The number of nitrogens with zero attached hydrogens (tertiary/aromatic N) is 1. The van der Waals surface area contributed by atoms with E-state index in [1.165, 1.54) is 14.2 Å². The summed E-state index contributed by atoms with van der Waals surface area (Å²) in [4.78, 5) is 1.64. The molecule has 0 spiro atoms. The van der Waals surface area contributed by atoms with Crippen LogP contribution < -0.4 is 18.9 Å². The van der Waals surface area contributed by atoms with Gasteiger partial charge in [-0.25, -0.2) is 17.5 Å². The second-order valence-electron chi connectivity index (χ2n) is 6.93. The molecule has 0 saturated carbocycles. The second kappa shape index (κ2) is 10.3. The lowest BCUT2D eigenvalue weighted by atomic mass is 10.0. The summed E-state index contributed by atoms with van der Waals surface area (Å²) >= 11 is 0. The number of methoxy groups -OCH3 is 3. The van der Waals surface area contributed by atoms with Crippen molar-refractivity contribution < 1.29 is 31.8 Å². The third kappa shape index (κ3) is 5.45. The predicted octanol–water partition coefficient (Wildman–Crippen LogP) is 2.20. The van der Waals surface area contributed by atoms with Gasteiger partial charge >= 0.3 is 0 Å². The van der Waals surface area contributed by atoms with Crippen LogP contribution in [-0.2, 0) is 14.8 Å². The highest BCUT2D eigenvalue weighted by Crippen LogP contribution is 2.32. The van der Waals surface area contributed by atoms with Crippen LogP contribution in [0.1, 0.15) is 11.6 Å². The van der Waals surface area contributed by atoms with E-state index in [2.05, 4.69) is 9.62 Å². The molecule has 0 aliphatic carbocycles. The number of benzene rings is 2. The summed E-state index contributed by atoms with van der Waals surface area (Å²) in [5.74, 6) is 0.0301. The Morgan fingerprint density at radius 1 is 1.03 bits per heavy atom. The van der Waals surface area contributed by atoms with Gasteiger partial charge in [0.15, 0.2) is 11.5 Å². The van der Waals surface area contributed by atoms with Crippen LogP contribution in [0.4, 0.5) is 4.39 Å². The molecule has 0 amide bonds. The lowest BCUT2D eigenvalue weighted by Gasteiger charge is -2.35. The zero-order valence-electron chi connectivity index (χ0n) is 17.8. The van der Waals surface area contributed by atoms with Crippen molar-refractivity contribution in [3.63, 3.8) is 0 Å². The predicted molar refractivity (Wildman–Crippen MR) is 113 cm³/mol. The van der Waals surface area contributed by atoms with Crippen LogP contribution in [0.2, 0.25) is 0 Å². The average Bonchev–Trinajstić information content (AvgIpc) is 2.79. The van der Waals surface area contributed by atoms with Crippen molar-refractivity contribution in [3.05, 3.63) is 47.8 Å². The zero-order chi connectivity index (χ0) is 22.4. The highest BCUT2D eigenvalue weighted by atomic mass is 32.2. The van der Waals surface area contributed by atoms with E-state index >= 15 is 0 Å². The van der Waals surface area contributed by atoms with Crippen molar-refractivity contribution in [2.24, 2.45) is 0 Å². The van der Waals surface area contributed by atoms with Gasteiger partial charge in [0.25, 0.3) is 0 Å². The number of hydrogen-bond donors (Lipinski definition) is 1. The van der Waals surface area contributed by atoms with Gasteiger partial charge < -0.3 is 18.9 Å². The van der Waals surface area contributed by atoms with E-state index in [-0.39, 0.29) is 24.1 Å². The highest BCUT2D eigenvalue weighted by Gasteiger charge is 2.27. The molecule has 10 heteroatoms. The van der Waals surface area contributed by atoms with E-state index < -0.39 is 20.7 Å². The van der Waals surface area contributed by atoms with Crippen LogP contribution >= 0.6 is 0 Å². The quantitative estimate of drug-likeness (QED) is 0.622. The summed E-state index contributed by atoms with van der Waals surface area (Å²) in [6.07, 6.45) is 0. The molecule has 170 valence electrons. The number of hydrogen-bond acceptors (Lipinski definition) is 7. The minimum Gasteiger partial charge on any atom is -0.497 e. The first-order chi connectivity index (χ1) is 14.9. The van der Waals surface area contributed by atoms with Gasteiger partial charge in [0.05, 0.1) is 34.5 Å². The monoisotopic (exact) mass is 454 g/mol. The Hall–Kier alpha value is -2.40. The second-order valence-corrected chi connectivity index (χ2v) is 8.66. The van der Waals surface area contributed by atoms with E-state index in [1.807, 2.05) is 24.3 Å². The molecule has 1 N–H and O–H groups in total. The zero-order valence-corrected chi connectivity index (χ0v) is 18.6.